The summed E-state index contributed by atoms with van der Waals surface area (Å²) in [5, 5.41) is 4.23. The van der Waals surface area contributed by atoms with Crippen LogP contribution in [-0.2, 0) is 0 Å². The van der Waals surface area contributed by atoms with Crippen LogP contribution in [0.15, 0.2) is 24.3 Å². The van der Waals surface area contributed by atoms with E-state index in [1.807, 2.05) is 12.1 Å². The van der Waals surface area contributed by atoms with Gasteiger partial charge in [0.2, 0.25) is 0 Å². The molecule has 0 aromatic heterocycles. The van der Waals surface area contributed by atoms with Crippen molar-refractivity contribution >= 4 is 17.3 Å². The molecule has 1 heterocycles. The zero-order chi connectivity index (χ0) is 11.5. The molecule has 0 unspecified atom stereocenters. The standard InChI is InChI=1S/C13H19ClN2/c1-10-9-15-8-7-13(10)16(2)12-5-3-11(14)4-6-12/h3-6,10,13,15H,7-9H2,1-2H3/t10-,13+/m0/s1. The fourth-order valence-corrected chi connectivity index (χ4v) is 2.57. The van der Waals surface area contributed by atoms with Crippen molar-refractivity contribution in [1.29, 1.82) is 0 Å². The summed E-state index contributed by atoms with van der Waals surface area (Å²) in [5.74, 6) is 0.689. The first kappa shape index (κ1) is 11.7. The van der Waals surface area contributed by atoms with Crippen LogP contribution >= 0.6 is 11.6 Å². The molecule has 16 heavy (non-hydrogen) atoms. The number of hydrogen-bond acceptors (Lipinski definition) is 2. The van der Waals surface area contributed by atoms with Gasteiger partial charge in [-0.25, -0.2) is 0 Å². The van der Waals surface area contributed by atoms with E-state index in [0.717, 1.165) is 18.1 Å². The quantitative estimate of drug-likeness (QED) is 0.853. The second-order valence-electron chi connectivity index (χ2n) is 4.62. The predicted octanol–water partition coefficient (Wildman–Crippen LogP) is 2.77. The number of benzene rings is 1. The van der Waals surface area contributed by atoms with Gasteiger partial charge in [-0.1, -0.05) is 18.5 Å². The summed E-state index contributed by atoms with van der Waals surface area (Å²) < 4.78 is 0. The highest BCUT2D eigenvalue weighted by Gasteiger charge is 2.24. The molecule has 0 aliphatic carbocycles. The SMILES string of the molecule is C[C@H]1CNCC[C@H]1N(C)c1ccc(Cl)cc1. The molecule has 2 nitrogen and oxygen atoms in total. The Hall–Kier alpha value is -0.730. The minimum absolute atomic E-state index is 0.627. The molecule has 3 heteroatoms. The van der Waals surface area contributed by atoms with Gasteiger partial charge in [0.1, 0.15) is 0 Å². The lowest BCUT2D eigenvalue weighted by Crippen LogP contribution is -2.47. The lowest BCUT2D eigenvalue weighted by Gasteiger charge is -2.38. The van der Waals surface area contributed by atoms with Gasteiger partial charge in [-0.2, -0.15) is 0 Å². The van der Waals surface area contributed by atoms with Gasteiger partial charge in [0.25, 0.3) is 0 Å². The molecule has 1 N–H and O–H groups in total. The van der Waals surface area contributed by atoms with Crippen LogP contribution in [0.5, 0.6) is 0 Å². The van der Waals surface area contributed by atoms with Crippen LogP contribution in [0.4, 0.5) is 5.69 Å². The fraction of sp³-hybridized carbons (Fsp3) is 0.538. The van der Waals surface area contributed by atoms with Crippen molar-refractivity contribution in [3.05, 3.63) is 29.3 Å². The van der Waals surface area contributed by atoms with Gasteiger partial charge in [-0.15, -0.1) is 0 Å². The molecule has 1 aliphatic rings. The Labute approximate surface area is 103 Å². The molecule has 2 rings (SSSR count). The van der Waals surface area contributed by atoms with Gasteiger partial charge in [-0.05, 0) is 49.7 Å². The summed E-state index contributed by atoms with van der Waals surface area (Å²) in [6.45, 7) is 4.54. The molecule has 0 radical (unpaired) electrons. The zero-order valence-electron chi connectivity index (χ0n) is 9.91. The van der Waals surface area contributed by atoms with Crippen LogP contribution in [-0.4, -0.2) is 26.2 Å². The monoisotopic (exact) mass is 238 g/mol. The molecule has 88 valence electrons. The second kappa shape index (κ2) is 5.07. The Morgan fingerprint density at radius 2 is 2.00 bits per heavy atom. The number of nitrogens with zero attached hydrogens (tertiary/aromatic N) is 1. The highest BCUT2D eigenvalue weighted by molar-refractivity contribution is 6.30. The highest BCUT2D eigenvalue weighted by atomic mass is 35.5. The molecule has 1 aromatic rings. The Morgan fingerprint density at radius 3 is 2.62 bits per heavy atom. The molecule has 1 fully saturated rings. The molecule has 0 saturated carbocycles. The van der Waals surface area contributed by atoms with E-state index in [-0.39, 0.29) is 0 Å². The lowest BCUT2D eigenvalue weighted by atomic mass is 9.93. The smallest absolute Gasteiger partial charge is 0.0407 e. The van der Waals surface area contributed by atoms with E-state index >= 15 is 0 Å². The van der Waals surface area contributed by atoms with E-state index in [0.29, 0.717) is 12.0 Å². The maximum absolute atomic E-state index is 5.90. The third-order valence-corrected chi connectivity index (χ3v) is 3.72. The average molecular weight is 239 g/mol. The maximum atomic E-state index is 5.90. The van der Waals surface area contributed by atoms with Gasteiger partial charge in [0.15, 0.2) is 0 Å². The maximum Gasteiger partial charge on any atom is 0.0407 e. The first-order valence-electron chi connectivity index (χ1n) is 5.87. The van der Waals surface area contributed by atoms with Gasteiger partial charge < -0.3 is 10.2 Å². The van der Waals surface area contributed by atoms with E-state index in [1.165, 1.54) is 12.1 Å². The molecule has 0 amide bonds. The van der Waals surface area contributed by atoms with Crippen molar-refractivity contribution in [1.82, 2.24) is 5.32 Å². The zero-order valence-corrected chi connectivity index (χ0v) is 10.7. The van der Waals surface area contributed by atoms with Crippen LogP contribution in [0.1, 0.15) is 13.3 Å². The minimum Gasteiger partial charge on any atom is -0.371 e. The Kier molecular flexibility index (Phi) is 3.72. The van der Waals surface area contributed by atoms with Crippen molar-refractivity contribution in [2.24, 2.45) is 5.92 Å². The molecule has 1 aliphatic heterocycles. The molecule has 1 aromatic carbocycles. The van der Waals surface area contributed by atoms with Crippen molar-refractivity contribution in [2.75, 3.05) is 25.0 Å². The Morgan fingerprint density at radius 1 is 1.31 bits per heavy atom. The summed E-state index contributed by atoms with van der Waals surface area (Å²) in [6, 6.07) is 8.73. The molecular formula is C13H19ClN2. The molecule has 2 atom stereocenters. The topological polar surface area (TPSA) is 15.3 Å². The number of piperidine rings is 1. The number of anilines is 1. The lowest BCUT2D eigenvalue weighted by molar-refractivity contribution is 0.339. The van der Waals surface area contributed by atoms with Crippen LogP contribution in [0, 0.1) is 5.92 Å². The third-order valence-electron chi connectivity index (χ3n) is 3.47. The molecular weight excluding hydrogens is 220 g/mol. The first-order valence-corrected chi connectivity index (χ1v) is 6.25. The van der Waals surface area contributed by atoms with Crippen LogP contribution in [0.3, 0.4) is 0 Å². The number of rotatable bonds is 2. The Balaban J connectivity index is 2.11. The third kappa shape index (κ3) is 2.50. The second-order valence-corrected chi connectivity index (χ2v) is 5.06. The van der Waals surface area contributed by atoms with E-state index < -0.39 is 0 Å². The van der Waals surface area contributed by atoms with E-state index in [4.69, 9.17) is 11.6 Å². The first-order chi connectivity index (χ1) is 7.68. The molecule has 1 saturated heterocycles. The fourth-order valence-electron chi connectivity index (χ4n) is 2.44. The summed E-state index contributed by atoms with van der Waals surface area (Å²) in [6.07, 6.45) is 1.21. The Bertz CT molecular complexity index is 336. The van der Waals surface area contributed by atoms with Gasteiger partial charge in [-0.3, -0.25) is 0 Å². The summed E-state index contributed by atoms with van der Waals surface area (Å²) >= 11 is 5.90. The van der Waals surface area contributed by atoms with Crippen LogP contribution < -0.4 is 10.2 Å². The largest absolute Gasteiger partial charge is 0.371 e. The molecule has 0 bridgehead atoms. The number of halogens is 1. The van der Waals surface area contributed by atoms with Crippen molar-refractivity contribution < 1.29 is 0 Å². The molecule has 0 spiro atoms. The van der Waals surface area contributed by atoms with Gasteiger partial charge in [0, 0.05) is 23.8 Å². The van der Waals surface area contributed by atoms with E-state index in [1.54, 1.807) is 0 Å². The van der Waals surface area contributed by atoms with Crippen molar-refractivity contribution in [2.45, 2.75) is 19.4 Å². The van der Waals surface area contributed by atoms with E-state index in [9.17, 15) is 0 Å². The predicted molar refractivity (Wildman–Crippen MR) is 70.3 cm³/mol. The van der Waals surface area contributed by atoms with Gasteiger partial charge in [0.05, 0.1) is 0 Å². The summed E-state index contributed by atoms with van der Waals surface area (Å²) in [5.41, 5.74) is 1.25. The van der Waals surface area contributed by atoms with Crippen LogP contribution in [0.2, 0.25) is 5.02 Å². The summed E-state index contributed by atoms with van der Waals surface area (Å²) in [7, 11) is 2.18. The normalized spacial score (nSPS) is 25.4. The van der Waals surface area contributed by atoms with Gasteiger partial charge >= 0.3 is 0 Å². The van der Waals surface area contributed by atoms with Crippen molar-refractivity contribution in [3.63, 3.8) is 0 Å². The number of hydrogen-bond donors (Lipinski definition) is 1. The highest BCUT2D eigenvalue weighted by Crippen LogP contribution is 2.24. The van der Waals surface area contributed by atoms with E-state index in [2.05, 4.69) is 36.3 Å². The van der Waals surface area contributed by atoms with Crippen LogP contribution in [0.25, 0.3) is 0 Å². The summed E-state index contributed by atoms with van der Waals surface area (Å²) in [4.78, 5) is 2.38. The van der Waals surface area contributed by atoms with Crippen molar-refractivity contribution in [3.8, 4) is 0 Å². The average Bonchev–Trinajstić information content (AvgIpc) is 2.30. The minimum atomic E-state index is 0.627. The number of nitrogens with one attached hydrogen (secondary N) is 1.